The van der Waals surface area contributed by atoms with Gasteiger partial charge in [0.1, 0.15) is 10.7 Å². The van der Waals surface area contributed by atoms with Crippen molar-refractivity contribution in [2.45, 2.75) is 19.9 Å². The third kappa shape index (κ3) is 3.64. The van der Waals surface area contributed by atoms with Gasteiger partial charge in [-0.15, -0.1) is 0 Å². The van der Waals surface area contributed by atoms with Crippen LogP contribution >= 0.6 is 11.6 Å². The molecule has 0 radical (unpaired) electrons. The monoisotopic (exact) mass is 398 g/mol. The van der Waals surface area contributed by atoms with Gasteiger partial charge in [-0.25, -0.2) is 9.69 Å². The lowest BCUT2D eigenvalue weighted by atomic mass is 10.1. The van der Waals surface area contributed by atoms with Crippen molar-refractivity contribution in [2.75, 3.05) is 11.5 Å². The van der Waals surface area contributed by atoms with Crippen molar-refractivity contribution in [1.29, 1.82) is 0 Å². The summed E-state index contributed by atoms with van der Waals surface area (Å²) >= 11 is 6.18. The summed E-state index contributed by atoms with van der Waals surface area (Å²) in [5, 5.41) is 2.80. The summed E-state index contributed by atoms with van der Waals surface area (Å²) in [6.07, 6.45) is 0. The van der Waals surface area contributed by atoms with E-state index in [0.717, 1.165) is 10.5 Å². The molecule has 2 aromatic rings. The average Bonchev–Trinajstić information content (AvgIpc) is 2.92. The molecule has 1 aliphatic rings. The number of carbonyl (C=O) groups excluding carboxylic acids is 3. The maximum atomic E-state index is 13.0. The molecular formula is C21H19ClN2O4. The van der Waals surface area contributed by atoms with Crippen LogP contribution < -0.4 is 10.2 Å². The normalized spacial score (nSPS) is 15.0. The van der Waals surface area contributed by atoms with E-state index >= 15 is 0 Å². The Bertz CT molecular complexity index is 956. The molecule has 1 N–H and O–H groups in total. The number of hydrogen-bond acceptors (Lipinski definition) is 5. The molecule has 1 heterocycles. The SMILES string of the molecule is CCOC(=O)c1ccccc1N1C(=O)C(Cl)=C(NC(C)c2ccccc2)C1=O. The summed E-state index contributed by atoms with van der Waals surface area (Å²) in [6, 6.07) is 15.5. The quantitative estimate of drug-likeness (QED) is 0.595. The third-order valence-corrected chi connectivity index (χ3v) is 4.68. The Morgan fingerprint density at radius 1 is 1.07 bits per heavy atom. The minimum atomic E-state index is -0.689. The highest BCUT2D eigenvalue weighted by Gasteiger charge is 2.40. The van der Waals surface area contributed by atoms with Crippen LogP contribution in [0, 0.1) is 0 Å². The Hall–Kier alpha value is -3.12. The number of anilines is 1. The van der Waals surface area contributed by atoms with Crippen molar-refractivity contribution in [1.82, 2.24) is 5.32 Å². The fourth-order valence-corrected chi connectivity index (χ4v) is 3.16. The summed E-state index contributed by atoms with van der Waals surface area (Å²) in [7, 11) is 0. The first-order chi connectivity index (χ1) is 13.5. The predicted octanol–water partition coefficient (Wildman–Crippen LogP) is 3.54. The van der Waals surface area contributed by atoms with Crippen LogP contribution in [0.2, 0.25) is 0 Å². The number of para-hydroxylation sites is 1. The lowest BCUT2D eigenvalue weighted by molar-refractivity contribution is -0.120. The molecule has 28 heavy (non-hydrogen) atoms. The number of imide groups is 1. The Balaban J connectivity index is 1.91. The van der Waals surface area contributed by atoms with Crippen molar-refractivity contribution < 1.29 is 19.1 Å². The van der Waals surface area contributed by atoms with E-state index in [4.69, 9.17) is 16.3 Å². The molecule has 144 valence electrons. The molecule has 0 aliphatic carbocycles. The molecule has 0 spiro atoms. The van der Waals surface area contributed by atoms with Crippen molar-refractivity contribution in [2.24, 2.45) is 0 Å². The first kappa shape index (κ1) is 19.6. The Labute approximate surface area is 167 Å². The maximum Gasteiger partial charge on any atom is 0.340 e. The molecule has 1 aliphatic heterocycles. The smallest absolute Gasteiger partial charge is 0.340 e. The Morgan fingerprint density at radius 2 is 1.71 bits per heavy atom. The zero-order valence-electron chi connectivity index (χ0n) is 15.4. The molecule has 3 rings (SSSR count). The zero-order valence-corrected chi connectivity index (χ0v) is 16.2. The van der Waals surface area contributed by atoms with E-state index in [0.29, 0.717) is 0 Å². The first-order valence-corrected chi connectivity index (χ1v) is 9.19. The van der Waals surface area contributed by atoms with Crippen LogP contribution in [0.15, 0.2) is 65.3 Å². The highest BCUT2D eigenvalue weighted by Crippen LogP contribution is 2.32. The molecule has 2 aromatic carbocycles. The van der Waals surface area contributed by atoms with Crippen molar-refractivity contribution in [3.8, 4) is 0 Å². The van der Waals surface area contributed by atoms with Gasteiger partial charge in [0.25, 0.3) is 11.8 Å². The molecule has 2 amide bonds. The van der Waals surface area contributed by atoms with E-state index in [-0.39, 0.29) is 34.6 Å². The molecule has 1 unspecified atom stereocenters. The molecule has 1 atom stereocenters. The van der Waals surface area contributed by atoms with Gasteiger partial charge in [-0.1, -0.05) is 54.1 Å². The van der Waals surface area contributed by atoms with Crippen LogP contribution in [0.4, 0.5) is 5.69 Å². The van der Waals surface area contributed by atoms with E-state index in [1.807, 2.05) is 37.3 Å². The Kier molecular flexibility index (Phi) is 5.80. The molecule has 7 heteroatoms. The maximum absolute atomic E-state index is 13.0. The summed E-state index contributed by atoms with van der Waals surface area (Å²) in [5.41, 5.74) is 1.19. The number of hydrogen-bond donors (Lipinski definition) is 1. The molecule has 0 saturated carbocycles. The number of esters is 1. The van der Waals surface area contributed by atoms with Crippen LogP contribution in [0.25, 0.3) is 0 Å². The van der Waals surface area contributed by atoms with E-state index < -0.39 is 17.8 Å². The number of carbonyl (C=O) groups is 3. The average molecular weight is 399 g/mol. The van der Waals surface area contributed by atoms with Gasteiger partial charge in [-0.2, -0.15) is 0 Å². The fourth-order valence-electron chi connectivity index (χ4n) is 2.94. The van der Waals surface area contributed by atoms with Gasteiger partial charge in [0, 0.05) is 6.04 Å². The van der Waals surface area contributed by atoms with E-state index in [2.05, 4.69) is 5.32 Å². The molecule has 0 aromatic heterocycles. The highest BCUT2D eigenvalue weighted by molar-refractivity contribution is 6.52. The molecule has 0 fully saturated rings. The lowest BCUT2D eigenvalue weighted by Crippen LogP contribution is -2.35. The van der Waals surface area contributed by atoms with Gasteiger partial charge >= 0.3 is 5.97 Å². The second-order valence-electron chi connectivity index (χ2n) is 6.15. The molecule has 0 saturated heterocycles. The van der Waals surface area contributed by atoms with E-state index in [1.54, 1.807) is 19.1 Å². The van der Waals surface area contributed by atoms with Crippen LogP contribution in [0.3, 0.4) is 0 Å². The number of halogens is 1. The minimum absolute atomic E-state index is 0.00156. The van der Waals surface area contributed by atoms with Crippen LogP contribution in [0.1, 0.15) is 35.8 Å². The van der Waals surface area contributed by atoms with E-state index in [9.17, 15) is 14.4 Å². The molecule has 6 nitrogen and oxygen atoms in total. The third-order valence-electron chi connectivity index (χ3n) is 4.33. The lowest BCUT2D eigenvalue weighted by Gasteiger charge is -2.19. The van der Waals surface area contributed by atoms with Gasteiger partial charge in [0.15, 0.2) is 0 Å². The molecule has 0 bridgehead atoms. The number of rotatable bonds is 6. The van der Waals surface area contributed by atoms with Crippen LogP contribution in [-0.4, -0.2) is 24.4 Å². The van der Waals surface area contributed by atoms with Crippen molar-refractivity contribution in [3.05, 3.63) is 76.5 Å². The molecular weight excluding hydrogens is 380 g/mol. The summed E-state index contributed by atoms with van der Waals surface area (Å²) in [6.45, 7) is 3.72. The van der Waals surface area contributed by atoms with Crippen LogP contribution in [-0.2, 0) is 14.3 Å². The van der Waals surface area contributed by atoms with Gasteiger partial charge in [-0.3, -0.25) is 9.59 Å². The van der Waals surface area contributed by atoms with Crippen LogP contribution in [0.5, 0.6) is 0 Å². The fraction of sp³-hybridized carbons (Fsp3) is 0.190. The Morgan fingerprint density at radius 3 is 2.39 bits per heavy atom. The summed E-state index contributed by atoms with van der Waals surface area (Å²) in [4.78, 5) is 38.8. The summed E-state index contributed by atoms with van der Waals surface area (Å²) in [5.74, 6) is -1.92. The number of ether oxygens (including phenoxy) is 1. The summed E-state index contributed by atoms with van der Waals surface area (Å²) < 4.78 is 5.02. The van der Waals surface area contributed by atoms with Crippen molar-refractivity contribution >= 4 is 35.1 Å². The highest BCUT2D eigenvalue weighted by atomic mass is 35.5. The van der Waals surface area contributed by atoms with E-state index in [1.165, 1.54) is 12.1 Å². The standard InChI is InChI=1S/C21H19ClN2O4/c1-3-28-21(27)15-11-7-8-12-16(15)24-19(25)17(22)18(20(24)26)23-13(2)14-9-5-4-6-10-14/h4-13,23H,3H2,1-2H3. The van der Waals surface area contributed by atoms with Crippen molar-refractivity contribution in [3.63, 3.8) is 0 Å². The van der Waals surface area contributed by atoms with Gasteiger partial charge < -0.3 is 10.1 Å². The second-order valence-corrected chi connectivity index (χ2v) is 6.53. The van der Waals surface area contributed by atoms with Gasteiger partial charge in [0.05, 0.1) is 17.9 Å². The number of nitrogens with zero attached hydrogens (tertiary/aromatic N) is 1. The number of nitrogens with one attached hydrogen (secondary N) is 1. The second kappa shape index (κ2) is 8.27. The number of amides is 2. The topological polar surface area (TPSA) is 75.7 Å². The van der Waals surface area contributed by atoms with Gasteiger partial charge in [0.2, 0.25) is 0 Å². The zero-order chi connectivity index (χ0) is 20.3. The minimum Gasteiger partial charge on any atom is -0.462 e. The number of benzene rings is 2. The van der Waals surface area contributed by atoms with Gasteiger partial charge in [-0.05, 0) is 31.5 Å². The first-order valence-electron chi connectivity index (χ1n) is 8.81. The largest absolute Gasteiger partial charge is 0.462 e. The predicted molar refractivity (Wildman–Crippen MR) is 106 cm³/mol.